The van der Waals surface area contributed by atoms with E-state index in [-0.39, 0.29) is 5.91 Å². The Balaban J connectivity index is 1.37. The number of rotatable bonds is 17. The van der Waals surface area contributed by atoms with Crippen LogP contribution in [0.4, 0.5) is 5.69 Å². The number of imidazole rings is 1. The van der Waals surface area contributed by atoms with E-state index in [0.717, 1.165) is 55.0 Å². The van der Waals surface area contributed by atoms with Crippen molar-refractivity contribution in [1.29, 1.82) is 0 Å². The number of benzene rings is 3. The Morgan fingerprint density at radius 2 is 1.78 bits per heavy atom. The van der Waals surface area contributed by atoms with E-state index in [2.05, 4.69) is 24.1 Å². The van der Waals surface area contributed by atoms with Crippen LogP contribution in [0.3, 0.4) is 0 Å². The highest BCUT2D eigenvalue weighted by Crippen LogP contribution is 2.35. The number of carbonyl (C=O) groups excluding carboxylic acids is 1. The number of carbonyl (C=O) groups is 1. The predicted octanol–water partition coefficient (Wildman–Crippen LogP) is 7.78. The van der Waals surface area contributed by atoms with Crippen molar-refractivity contribution in [1.82, 2.24) is 9.55 Å². The van der Waals surface area contributed by atoms with Crippen LogP contribution in [0.1, 0.15) is 44.4 Å². The Kier molecular flexibility index (Phi) is 13.2. The molecule has 0 aliphatic carbocycles. The third-order valence-electron chi connectivity index (χ3n) is 6.94. The van der Waals surface area contributed by atoms with Crippen molar-refractivity contribution in [3.8, 4) is 22.6 Å². The second-order valence-electron chi connectivity index (χ2n) is 10.3. The van der Waals surface area contributed by atoms with Crippen LogP contribution >= 0.6 is 11.6 Å². The number of nitrogens with one attached hydrogen (secondary N) is 1. The number of anilines is 1. The normalized spacial score (nSPS) is 11.9. The van der Waals surface area contributed by atoms with Crippen LogP contribution in [0.15, 0.2) is 84.2 Å². The Morgan fingerprint density at radius 1 is 1.00 bits per heavy atom. The molecule has 0 unspecified atom stereocenters. The average molecular weight is 650 g/mol. The molecule has 4 rings (SSSR count). The highest BCUT2D eigenvalue weighted by atomic mass is 35.5. The minimum Gasteiger partial charge on any atom is -0.495 e. The number of aryl methyl sites for hydroxylation is 1. The summed E-state index contributed by atoms with van der Waals surface area (Å²) < 4.78 is 31.8. The van der Waals surface area contributed by atoms with E-state index in [0.29, 0.717) is 45.9 Å². The third-order valence-corrected chi connectivity index (χ3v) is 8.58. The first-order valence-electron chi connectivity index (χ1n) is 15.1. The van der Waals surface area contributed by atoms with Crippen molar-refractivity contribution < 1.29 is 23.2 Å². The lowest BCUT2D eigenvalue weighted by Gasteiger charge is -2.12. The van der Waals surface area contributed by atoms with Gasteiger partial charge in [0.25, 0.3) is 0 Å². The molecule has 4 aromatic rings. The van der Waals surface area contributed by atoms with Gasteiger partial charge < -0.3 is 24.1 Å². The summed E-state index contributed by atoms with van der Waals surface area (Å²) in [6, 6.07) is 18.5. The zero-order chi connectivity index (χ0) is 32.0. The summed E-state index contributed by atoms with van der Waals surface area (Å²) in [5.41, 5.74) is 4.00. The van der Waals surface area contributed by atoms with Crippen molar-refractivity contribution in [3.63, 3.8) is 0 Å². The molecule has 1 heterocycles. The molecule has 0 spiro atoms. The summed E-state index contributed by atoms with van der Waals surface area (Å²) in [7, 11) is 0.310. The van der Waals surface area contributed by atoms with Crippen LogP contribution in [-0.2, 0) is 32.6 Å². The molecule has 3 aromatic carbocycles. The van der Waals surface area contributed by atoms with Gasteiger partial charge in [0.15, 0.2) is 0 Å². The molecule has 1 amide bonds. The SMILES string of the molecule is CCCCOCCOc1ccc(-c2cc(Cl)c(OC)c(/C=C/C(=O)Nc3ccc([S@@](=O)Cc4cncn4CCC)cc3)c2)cc1. The average Bonchev–Trinajstić information content (AvgIpc) is 3.48. The lowest BCUT2D eigenvalue weighted by molar-refractivity contribution is -0.111. The fourth-order valence-electron chi connectivity index (χ4n) is 4.60. The van der Waals surface area contributed by atoms with Gasteiger partial charge in [0.1, 0.15) is 18.1 Å². The van der Waals surface area contributed by atoms with Crippen molar-refractivity contribution >= 4 is 40.1 Å². The van der Waals surface area contributed by atoms with Gasteiger partial charge in [-0.1, -0.05) is 44.0 Å². The van der Waals surface area contributed by atoms with Crippen LogP contribution in [0.25, 0.3) is 17.2 Å². The smallest absolute Gasteiger partial charge is 0.248 e. The number of nitrogens with zero attached hydrogens (tertiary/aromatic N) is 2. The van der Waals surface area contributed by atoms with Crippen LogP contribution in [0.2, 0.25) is 5.02 Å². The van der Waals surface area contributed by atoms with Crippen LogP contribution in [-0.4, -0.2) is 46.6 Å². The van der Waals surface area contributed by atoms with Crippen molar-refractivity contribution in [3.05, 3.63) is 95.5 Å². The van der Waals surface area contributed by atoms with Crippen LogP contribution in [0.5, 0.6) is 11.5 Å². The minimum absolute atomic E-state index is 0.323. The molecule has 238 valence electrons. The Hall–Kier alpha value is -3.92. The van der Waals surface area contributed by atoms with Gasteiger partial charge in [-0.2, -0.15) is 0 Å². The lowest BCUT2D eigenvalue weighted by atomic mass is 10.0. The van der Waals surface area contributed by atoms with Crippen LogP contribution in [0, 0.1) is 0 Å². The van der Waals surface area contributed by atoms with Crippen molar-refractivity contribution in [2.24, 2.45) is 0 Å². The van der Waals surface area contributed by atoms with E-state index in [1.54, 1.807) is 50.0 Å². The molecule has 0 saturated carbocycles. The highest BCUT2D eigenvalue weighted by Gasteiger charge is 2.12. The maximum atomic E-state index is 12.9. The number of amides is 1. The molecule has 1 N–H and O–H groups in total. The van der Waals surface area contributed by atoms with Gasteiger partial charge >= 0.3 is 0 Å². The van der Waals surface area contributed by atoms with E-state index >= 15 is 0 Å². The van der Waals surface area contributed by atoms with Gasteiger partial charge in [0.2, 0.25) is 5.91 Å². The Labute approximate surface area is 272 Å². The van der Waals surface area contributed by atoms with E-state index in [1.165, 1.54) is 6.08 Å². The van der Waals surface area contributed by atoms with Gasteiger partial charge in [-0.3, -0.25) is 9.00 Å². The fourth-order valence-corrected chi connectivity index (χ4v) is 6.02. The molecular weight excluding hydrogens is 610 g/mol. The van der Waals surface area contributed by atoms with Gasteiger partial charge in [-0.25, -0.2) is 4.98 Å². The van der Waals surface area contributed by atoms with Gasteiger partial charge in [-0.15, -0.1) is 0 Å². The molecule has 0 bridgehead atoms. The molecule has 8 nitrogen and oxygen atoms in total. The number of hydrogen-bond donors (Lipinski definition) is 1. The van der Waals surface area contributed by atoms with E-state index < -0.39 is 10.8 Å². The Morgan fingerprint density at radius 3 is 2.49 bits per heavy atom. The van der Waals surface area contributed by atoms with E-state index in [4.69, 9.17) is 25.8 Å². The molecule has 0 radical (unpaired) electrons. The summed E-state index contributed by atoms with van der Waals surface area (Å²) in [5.74, 6) is 1.29. The topological polar surface area (TPSA) is 91.7 Å². The molecule has 10 heteroatoms. The predicted molar refractivity (Wildman–Crippen MR) is 181 cm³/mol. The van der Waals surface area contributed by atoms with E-state index in [9.17, 15) is 9.00 Å². The Bertz CT molecular complexity index is 1590. The summed E-state index contributed by atoms with van der Waals surface area (Å²) >= 11 is 6.56. The van der Waals surface area contributed by atoms with Crippen LogP contribution < -0.4 is 14.8 Å². The molecule has 0 saturated heterocycles. The van der Waals surface area contributed by atoms with Gasteiger partial charge in [0, 0.05) is 41.6 Å². The molecule has 0 aliphatic rings. The first-order valence-corrected chi connectivity index (χ1v) is 16.8. The zero-order valence-corrected chi connectivity index (χ0v) is 27.5. The number of halogens is 1. The quantitative estimate of drug-likeness (QED) is 0.0928. The maximum Gasteiger partial charge on any atom is 0.248 e. The number of ether oxygens (including phenoxy) is 3. The van der Waals surface area contributed by atoms with Crippen molar-refractivity contribution in [2.45, 2.75) is 50.3 Å². The number of unbranched alkanes of at least 4 members (excludes halogenated alkanes) is 1. The largest absolute Gasteiger partial charge is 0.495 e. The molecule has 1 atom stereocenters. The number of hydrogen-bond acceptors (Lipinski definition) is 6. The molecular formula is C35H40ClN3O5S. The second kappa shape index (κ2) is 17.5. The standard InChI is InChI=1S/C35H40ClN3O5S/c1-4-6-18-43-19-20-44-31-12-7-26(8-13-31)28-21-27(35(42-3)33(36)22-28)9-16-34(40)38-29-10-14-32(15-11-29)45(41)24-30-23-37-25-39(30)17-5-2/h7-16,21-23,25H,4-6,17-20,24H2,1-3H3,(H,38,40)/b16-9+/t45-/m0/s1. The summed E-state index contributed by atoms with van der Waals surface area (Å²) in [6.45, 7) is 6.86. The summed E-state index contributed by atoms with van der Waals surface area (Å²) in [5, 5.41) is 3.28. The van der Waals surface area contributed by atoms with Gasteiger partial charge in [0.05, 0.1) is 47.3 Å². The second-order valence-corrected chi connectivity index (χ2v) is 12.2. The fraction of sp³-hybridized carbons (Fsp3) is 0.314. The molecule has 0 fully saturated rings. The minimum atomic E-state index is -1.23. The van der Waals surface area contributed by atoms with E-state index in [1.807, 2.05) is 41.0 Å². The monoisotopic (exact) mass is 649 g/mol. The zero-order valence-electron chi connectivity index (χ0n) is 26.0. The third kappa shape index (κ3) is 10.0. The number of methoxy groups -OCH3 is 1. The molecule has 45 heavy (non-hydrogen) atoms. The summed E-state index contributed by atoms with van der Waals surface area (Å²) in [4.78, 5) is 17.6. The highest BCUT2D eigenvalue weighted by molar-refractivity contribution is 7.84. The maximum absolute atomic E-state index is 12.9. The molecule has 1 aromatic heterocycles. The number of aromatic nitrogens is 2. The lowest BCUT2D eigenvalue weighted by Crippen LogP contribution is -2.08. The van der Waals surface area contributed by atoms with Gasteiger partial charge in [-0.05, 0) is 78.6 Å². The summed E-state index contributed by atoms with van der Waals surface area (Å²) in [6.07, 6.45) is 9.75. The molecule has 0 aliphatic heterocycles. The first-order chi connectivity index (χ1) is 21.9. The first kappa shape index (κ1) is 34.0. The van der Waals surface area contributed by atoms with Crippen molar-refractivity contribution in [2.75, 3.05) is 32.2 Å².